The zero-order chi connectivity index (χ0) is 13.4. The molecule has 0 atom stereocenters. The summed E-state index contributed by atoms with van der Waals surface area (Å²) in [7, 11) is 0. The Balaban J connectivity index is 1.89. The van der Waals surface area contributed by atoms with Crippen molar-refractivity contribution in [2.45, 2.75) is 6.92 Å². The third-order valence-electron chi connectivity index (χ3n) is 2.64. The van der Waals surface area contributed by atoms with E-state index in [4.69, 9.17) is 10.3 Å². The van der Waals surface area contributed by atoms with Gasteiger partial charge in [0.05, 0.1) is 0 Å². The van der Waals surface area contributed by atoms with Crippen LogP contribution in [0.15, 0.2) is 28.8 Å². The highest BCUT2D eigenvalue weighted by atomic mass is 16.5. The first-order valence-electron chi connectivity index (χ1n) is 5.62. The van der Waals surface area contributed by atoms with Crippen LogP contribution in [0, 0.1) is 6.92 Å². The van der Waals surface area contributed by atoms with Crippen molar-refractivity contribution < 1.29 is 9.32 Å². The average Bonchev–Trinajstić information content (AvgIpc) is 2.95. The minimum atomic E-state index is -0.349. The van der Waals surface area contributed by atoms with E-state index in [9.17, 15) is 4.79 Å². The lowest BCUT2D eigenvalue weighted by molar-refractivity contribution is 0.101. The Bertz CT molecular complexity index is 758. The molecule has 0 aliphatic heterocycles. The van der Waals surface area contributed by atoms with Gasteiger partial charge in [-0.3, -0.25) is 10.1 Å². The van der Waals surface area contributed by atoms with Crippen LogP contribution in [0.2, 0.25) is 0 Å². The number of fused-ring (bicyclic) bond motifs is 1. The number of amides is 1. The van der Waals surface area contributed by atoms with Gasteiger partial charge in [0.15, 0.2) is 5.82 Å². The number of aryl methyl sites for hydroxylation is 1. The van der Waals surface area contributed by atoms with Crippen molar-refractivity contribution in [1.82, 2.24) is 15.1 Å². The van der Waals surface area contributed by atoms with Gasteiger partial charge in [0.1, 0.15) is 5.69 Å². The molecule has 19 heavy (non-hydrogen) atoms. The Morgan fingerprint density at radius 3 is 3.00 bits per heavy atom. The Hall–Kier alpha value is -2.83. The summed E-state index contributed by atoms with van der Waals surface area (Å²) in [6.45, 7) is 1.67. The van der Waals surface area contributed by atoms with Gasteiger partial charge in [-0.15, -0.1) is 0 Å². The third-order valence-corrected chi connectivity index (χ3v) is 2.64. The number of hydrogen-bond donors (Lipinski definition) is 3. The van der Waals surface area contributed by atoms with Gasteiger partial charge in [-0.05, 0) is 31.2 Å². The molecule has 2 aromatic heterocycles. The summed E-state index contributed by atoms with van der Waals surface area (Å²) in [6.07, 6.45) is 0. The van der Waals surface area contributed by atoms with Gasteiger partial charge in [0.2, 0.25) is 0 Å². The largest absolute Gasteiger partial charge is 0.399 e. The topological polar surface area (TPSA) is 110 Å². The van der Waals surface area contributed by atoms with Crippen molar-refractivity contribution in [3.63, 3.8) is 0 Å². The fourth-order valence-corrected chi connectivity index (χ4v) is 1.79. The maximum Gasteiger partial charge on any atom is 0.328 e. The van der Waals surface area contributed by atoms with E-state index in [1.165, 1.54) is 0 Å². The van der Waals surface area contributed by atoms with Crippen LogP contribution < -0.4 is 11.1 Å². The van der Waals surface area contributed by atoms with Gasteiger partial charge in [-0.25, -0.2) is 0 Å². The second kappa shape index (κ2) is 4.13. The standard InChI is InChI=1S/C12H11N5O2/c1-6-14-12(19-17-6)16-11(18)10-5-7-4-8(13)2-3-9(7)15-10/h2-5,15H,13H2,1H3,(H,14,16,17,18). The summed E-state index contributed by atoms with van der Waals surface area (Å²) < 4.78 is 4.82. The van der Waals surface area contributed by atoms with Gasteiger partial charge in [0, 0.05) is 16.6 Å². The number of nitrogens with two attached hydrogens (primary N) is 1. The zero-order valence-corrected chi connectivity index (χ0v) is 10.1. The summed E-state index contributed by atoms with van der Waals surface area (Å²) in [6, 6.07) is 7.16. The van der Waals surface area contributed by atoms with Gasteiger partial charge in [0.25, 0.3) is 5.91 Å². The molecule has 3 rings (SSSR count). The number of aromatic amines is 1. The van der Waals surface area contributed by atoms with Gasteiger partial charge < -0.3 is 15.2 Å². The molecule has 4 N–H and O–H groups in total. The van der Waals surface area contributed by atoms with Crippen LogP contribution in [-0.4, -0.2) is 21.0 Å². The number of rotatable bonds is 2. The maximum atomic E-state index is 12.0. The highest BCUT2D eigenvalue weighted by Crippen LogP contribution is 2.19. The predicted molar refractivity (Wildman–Crippen MR) is 69.7 cm³/mol. The molecule has 0 radical (unpaired) electrons. The summed E-state index contributed by atoms with van der Waals surface area (Å²) in [4.78, 5) is 18.9. The van der Waals surface area contributed by atoms with Gasteiger partial charge in [-0.2, -0.15) is 4.98 Å². The molecule has 7 heteroatoms. The number of anilines is 2. The molecule has 96 valence electrons. The second-order valence-corrected chi connectivity index (χ2v) is 4.13. The summed E-state index contributed by atoms with van der Waals surface area (Å²) in [5.74, 6) is 0.109. The number of nitrogens with one attached hydrogen (secondary N) is 2. The smallest absolute Gasteiger partial charge is 0.328 e. The average molecular weight is 257 g/mol. The van der Waals surface area contributed by atoms with Crippen molar-refractivity contribution >= 4 is 28.5 Å². The first kappa shape index (κ1) is 11.3. The Kier molecular flexibility index (Phi) is 2.45. The molecule has 0 aliphatic rings. The van der Waals surface area contributed by atoms with Crippen LogP contribution in [0.25, 0.3) is 10.9 Å². The SMILES string of the molecule is Cc1noc(NC(=O)c2cc3cc(N)ccc3[nH]2)n1. The Morgan fingerprint density at radius 2 is 2.26 bits per heavy atom. The number of carbonyl (C=O) groups is 1. The molecule has 0 bridgehead atoms. The van der Waals surface area contributed by atoms with Crippen molar-refractivity contribution in [3.05, 3.63) is 35.8 Å². The van der Waals surface area contributed by atoms with Crippen molar-refractivity contribution in [2.75, 3.05) is 11.1 Å². The molecule has 1 aromatic carbocycles. The van der Waals surface area contributed by atoms with E-state index < -0.39 is 0 Å². The molecule has 0 saturated carbocycles. The lowest BCUT2D eigenvalue weighted by Crippen LogP contribution is -2.12. The minimum Gasteiger partial charge on any atom is -0.399 e. The maximum absolute atomic E-state index is 12.0. The van der Waals surface area contributed by atoms with Crippen molar-refractivity contribution in [1.29, 1.82) is 0 Å². The minimum absolute atomic E-state index is 0.0701. The van der Waals surface area contributed by atoms with Crippen molar-refractivity contribution in [3.8, 4) is 0 Å². The van der Waals surface area contributed by atoms with Crippen LogP contribution in [-0.2, 0) is 0 Å². The normalized spacial score (nSPS) is 10.8. The molecule has 0 saturated heterocycles. The number of hydrogen-bond acceptors (Lipinski definition) is 5. The van der Waals surface area contributed by atoms with Crippen LogP contribution in [0.3, 0.4) is 0 Å². The summed E-state index contributed by atoms with van der Waals surface area (Å²) in [5, 5.41) is 6.97. The fourth-order valence-electron chi connectivity index (χ4n) is 1.79. The highest BCUT2D eigenvalue weighted by molar-refractivity contribution is 6.05. The molecule has 0 fully saturated rings. The van der Waals surface area contributed by atoms with E-state index >= 15 is 0 Å². The first-order valence-corrected chi connectivity index (χ1v) is 5.62. The first-order chi connectivity index (χ1) is 9.11. The molecule has 7 nitrogen and oxygen atoms in total. The fraction of sp³-hybridized carbons (Fsp3) is 0.0833. The van der Waals surface area contributed by atoms with Gasteiger partial charge >= 0.3 is 6.01 Å². The highest BCUT2D eigenvalue weighted by Gasteiger charge is 2.13. The number of nitrogen functional groups attached to an aromatic ring is 1. The van der Waals surface area contributed by atoms with E-state index in [0.717, 1.165) is 10.9 Å². The molecular formula is C12H11N5O2. The monoisotopic (exact) mass is 257 g/mol. The molecule has 1 amide bonds. The van der Waals surface area contributed by atoms with Crippen LogP contribution in [0.5, 0.6) is 0 Å². The molecule has 0 spiro atoms. The lowest BCUT2D eigenvalue weighted by Gasteiger charge is -1.95. The number of benzene rings is 1. The lowest BCUT2D eigenvalue weighted by atomic mass is 10.2. The molecule has 3 aromatic rings. The number of nitrogens with zero attached hydrogens (tertiary/aromatic N) is 2. The predicted octanol–water partition coefficient (Wildman–Crippen LogP) is 1.69. The molecule has 0 unspecified atom stereocenters. The van der Waals surface area contributed by atoms with E-state index in [-0.39, 0.29) is 11.9 Å². The second-order valence-electron chi connectivity index (χ2n) is 4.13. The summed E-state index contributed by atoms with van der Waals surface area (Å²) >= 11 is 0. The zero-order valence-electron chi connectivity index (χ0n) is 10.1. The van der Waals surface area contributed by atoms with Crippen molar-refractivity contribution in [2.24, 2.45) is 0 Å². The van der Waals surface area contributed by atoms with Crippen LogP contribution in [0.4, 0.5) is 11.7 Å². The van der Waals surface area contributed by atoms with Crippen LogP contribution >= 0.6 is 0 Å². The number of H-pyrrole nitrogens is 1. The quantitative estimate of drug-likeness (QED) is 0.605. The van der Waals surface area contributed by atoms with E-state index in [0.29, 0.717) is 17.2 Å². The Labute approximate surface area is 107 Å². The Morgan fingerprint density at radius 1 is 1.42 bits per heavy atom. The number of carbonyl (C=O) groups excluding carboxylic acids is 1. The molecule has 2 heterocycles. The molecular weight excluding hydrogens is 246 g/mol. The van der Waals surface area contributed by atoms with E-state index in [1.807, 2.05) is 6.07 Å². The van der Waals surface area contributed by atoms with Gasteiger partial charge in [-0.1, -0.05) is 5.16 Å². The molecule has 0 aliphatic carbocycles. The summed E-state index contributed by atoms with van der Waals surface area (Å²) in [5.41, 5.74) is 7.57. The van der Waals surface area contributed by atoms with Crippen LogP contribution in [0.1, 0.15) is 16.3 Å². The third kappa shape index (κ3) is 2.13. The van der Waals surface area contributed by atoms with E-state index in [1.54, 1.807) is 25.1 Å². The van der Waals surface area contributed by atoms with E-state index in [2.05, 4.69) is 20.4 Å². The number of aromatic nitrogens is 3.